The third kappa shape index (κ3) is 2.75. The molecule has 1 aromatic rings. The maximum atomic E-state index is 11.3. The Kier molecular flexibility index (Phi) is 3.61. The van der Waals surface area contributed by atoms with E-state index in [0.29, 0.717) is 6.42 Å². The molecule has 1 atom stereocenters. The third-order valence-corrected chi connectivity index (χ3v) is 2.78. The van der Waals surface area contributed by atoms with Crippen LogP contribution in [0.1, 0.15) is 12.0 Å². The topological polar surface area (TPSA) is 81.6 Å². The summed E-state index contributed by atoms with van der Waals surface area (Å²) >= 11 is 0. The van der Waals surface area contributed by atoms with Crippen molar-refractivity contribution in [3.05, 3.63) is 23.8 Å². The van der Waals surface area contributed by atoms with Gasteiger partial charge in [-0.25, -0.2) is 0 Å². The Bertz CT molecular complexity index is 420. The van der Waals surface area contributed by atoms with Crippen LogP contribution in [0.3, 0.4) is 0 Å². The van der Waals surface area contributed by atoms with E-state index in [1.54, 1.807) is 0 Å². The summed E-state index contributed by atoms with van der Waals surface area (Å²) in [5, 5.41) is 23.9. The number of benzene rings is 1. The highest BCUT2D eigenvalue weighted by molar-refractivity contribution is 5.97. The predicted molar refractivity (Wildman–Crippen MR) is 65.0 cm³/mol. The molecule has 17 heavy (non-hydrogen) atoms. The average Bonchev–Trinajstić information content (AvgIpc) is 2.35. The minimum Gasteiger partial charge on any atom is -0.394 e. The van der Waals surface area contributed by atoms with Gasteiger partial charge in [0.15, 0.2) is 0 Å². The van der Waals surface area contributed by atoms with Crippen LogP contribution in [0, 0.1) is 0 Å². The molecule has 0 aromatic heterocycles. The number of nitrogens with one attached hydrogen (secondary N) is 2. The van der Waals surface area contributed by atoms with Crippen molar-refractivity contribution in [2.45, 2.75) is 18.9 Å². The molecule has 1 aromatic carbocycles. The van der Waals surface area contributed by atoms with Gasteiger partial charge in [0.25, 0.3) is 0 Å². The fraction of sp³-hybridized carbons (Fsp3) is 0.417. The van der Waals surface area contributed by atoms with Crippen molar-refractivity contribution < 1.29 is 15.0 Å². The first-order valence-corrected chi connectivity index (χ1v) is 5.65. The van der Waals surface area contributed by atoms with Crippen LogP contribution in [-0.2, 0) is 11.2 Å². The van der Waals surface area contributed by atoms with E-state index < -0.39 is 6.10 Å². The van der Waals surface area contributed by atoms with E-state index in [2.05, 4.69) is 10.6 Å². The molecule has 0 radical (unpaired) electrons. The van der Waals surface area contributed by atoms with E-state index in [9.17, 15) is 9.90 Å². The smallest absolute Gasteiger partial charge is 0.224 e. The third-order valence-electron chi connectivity index (χ3n) is 2.78. The number of para-hydroxylation sites is 1. The Hall–Kier alpha value is -1.59. The monoisotopic (exact) mass is 236 g/mol. The van der Waals surface area contributed by atoms with Gasteiger partial charge in [0.1, 0.15) is 0 Å². The van der Waals surface area contributed by atoms with Gasteiger partial charge in [0, 0.05) is 13.0 Å². The fourth-order valence-corrected chi connectivity index (χ4v) is 1.85. The molecule has 1 aliphatic heterocycles. The Balaban J connectivity index is 2.14. The highest BCUT2D eigenvalue weighted by Crippen LogP contribution is 2.30. The number of aliphatic hydroxyl groups excluding tert-OH is 2. The number of aliphatic hydroxyl groups is 2. The quantitative estimate of drug-likeness (QED) is 0.607. The summed E-state index contributed by atoms with van der Waals surface area (Å²) in [5.74, 6) is 0.00876. The number of amides is 1. The normalized spacial score (nSPS) is 16.0. The zero-order valence-electron chi connectivity index (χ0n) is 9.44. The maximum Gasteiger partial charge on any atom is 0.224 e. The summed E-state index contributed by atoms with van der Waals surface area (Å²) in [6, 6.07) is 5.72. The molecule has 0 saturated carbocycles. The van der Waals surface area contributed by atoms with E-state index in [-0.39, 0.29) is 19.1 Å². The molecule has 5 heteroatoms. The van der Waals surface area contributed by atoms with Crippen LogP contribution in [0.5, 0.6) is 0 Å². The maximum absolute atomic E-state index is 11.3. The van der Waals surface area contributed by atoms with Gasteiger partial charge in [-0.2, -0.15) is 0 Å². The number of fused-ring (bicyclic) bond motifs is 1. The highest BCUT2D eigenvalue weighted by Gasteiger charge is 2.17. The Morgan fingerprint density at radius 3 is 3.00 bits per heavy atom. The summed E-state index contributed by atoms with van der Waals surface area (Å²) < 4.78 is 0. The summed E-state index contributed by atoms with van der Waals surface area (Å²) in [7, 11) is 0. The first-order chi connectivity index (χ1) is 8.20. The number of hydrogen-bond donors (Lipinski definition) is 4. The molecule has 0 bridgehead atoms. The van der Waals surface area contributed by atoms with Crippen molar-refractivity contribution in [3.63, 3.8) is 0 Å². The molecule has 0 saturated heterocycles. The van der Waals surface area contributed by atoms with Crippen molar-refractivity contribution >= 4 is 17.3 Å². The lowest BCUT2D eigenvalue weighted by atomic mass is 10.0. The minimum atomic E-state index is -0.801. The molecular formula is C12H16N2O3. The summed E-state index contributed by atoms with van der Waals surface area (Å²) in [4.78, 5) is 11.3. The number of rotatable bonds is 4. The number of anilines is 2. The van der Waals surface area contributed by atoms with E-state index in [0.717, 1.165) is 23.4 Å². The number of aryl methyl sites for hydroxylation is 1. The van der Waals surface area contributed by atoms with Gasteiger partial charge in [0.05, 0.1) is 24.1 Å². The lowest BCUT2D eigenvalue weighted by Crippen LogP contribution is -2.25. The highest BCUT2D eigenvalue weighted by atomic mass is 16.3. The van der Waals surface area contributed by atoms with Crippen molar-refractivity contribution in [2.24, 2.45) is 0 Å². The Labute approximate surface area is 99.5 Å². The summed E-state index contributed by atoms with van der Waals surface area (Å²) in [6.07, 6.45) is 0.444. The zero-order valence-corrected chi connectivity index (χ0v) is 9.44. The SMILES string of the molecule is O=C1CCc2cccc(NCC(O)CO)c2N1. The van der Waals surface area contributed by atoms with Crippen LogP contribution in [0.4, 0.5) is 11.4 Å². The fourth-order valence-electron chi connectivity index (χ4n) is 1.85. The molecule has 0 fully saturated rings. The first kappa shape index (κ1) is 11.9. The van der Waals surface area contributed by atoms with Crippen molar-refractivity contribution in [3.8, 4) is 0 Å². The van der Waals surface area contributed by atoms with E-state index in [1.165, 1.54) is 0 Å². The lowest BCUT2D eigenvalue weighted by Gasteiger charge is -2.21. The molecule has 1 aliphatic rings. The Morgan fingerprint density at radius 1 is 1.41 bits per heavy atom. The van der Waals surface area contributed by atoms with Gasteiger partial charge < -0.3 is 20.8 Å². The molecule has 5 nitrogen and oxygen atoms in total. The van der Waals surface area contributed by atoms with Crippen LogP contribution < -0.4 is 10.6 Å². The molecule has 1 amide bonds. The summed E-state index contributed by atoms with van der Waals surface area (Å²) in [5.41, 5.74) is 2.66. The van der Waals surface area contributed by atoms with Crippen LogP contribution in [0.15, 0.2) is 18.2 Å². The van der Waals surface area contributed by atoms with Gasteiger partial charge in [-0.3, -0.25) is 4.79 Å². The predicted octanol–water partition coefficient (Wildman–Crippen LogP) is 0.336. The van der Waals surface area contributed by atoms with E-state index in [4.69, 9.17) is 5.11 Å². The average molecular weight is 236 g/mol. The van der Waals surface area contributed by atoms with Gasteiger partial charge in [-0.05, 0) is 18.1 Å². The number of carbonyl (C=O) groups excluding carboxylic acids is 1. The first-order valence-electron chi connectivity index (χ1n) is 5.65. The zero-order chi connectivity index (χ0) is 12.3. The van der Waals surface area contributed by atoms with Crippen molar-refractivity contribution in [1.29, 1.82) is 0 Å². The largest absolute Gasteiger partial charge is 0.394 e. The molecule has 92 valence electrons. The second kappa shape index (κ2) is 5.16. The van der Waals surface area contributed by atoms with Crippen LogP contribution in [-0.4, -0.2) is 35.4 Å². The Morgan fingerprint density at radius 2 is 2.24 bits per heavy atom. The van der Waals surface area contributed by atoms with E-state index >= 15 is 0 Å². The number of carbonyl (C=O) groups is 1. The van der Waals surface area contributed by atoms with Crippen molar-refractivity contribution in [2.75, 3.05) is 23.8 Å². The molecule has 2 rings (SSSR count). The van der Waals surface area contributed by atoms with Gasteiger partial charge in [-0.15, -0.1) is 0 Å². The van der Waals surface area contributed by atoms with E-state index in [1.807, 2.05) is 18.2 Å². The van der Waals surface area contributed by atoms with Gasteiger partial charge >= 0.3 is 0 Å². The molecule has 0 aliphatic carbocycles. The summed E-state index contributed by atoms with van der Waals surface area (Å²) in [6.45, 7) is -0.0305. The van der Waals surface area contributed by atoms with Crippen molar-refractivity contribution in [1.82, 2.24) is 0 Å². The minimum absolute atomic E-state index is 0.00876. The standard InChI is InChI=1S/C12H16N2O3/c15-7-9(16)6-13-10-3-1-2-8-4-5-11(17)14-12(8)10/h1-3,9,13,15-16H,4-7H2,(H,14,17). The lowest BCUT2D eigenvalue weighted by molar-refractivity contribution is -0.116. The molecule has 4 N–H and O–H groups in total. The van der Waals surface area contributed by atoms with Crippen LogP contribution in [0.2, 0.25) is 0 Å². The molecule has 0 spiro atoms. The second-order valence-corrected chi connectivity index (χ2v) is 4.11. The van der Waals surface area contributed by atoms with Crippen LogP contribution in [0.25, 0.3) is 0 Å². The van der Waals surface area contributed by atoms with Crippen LogP contribution >= 0.6 is 0 Å². The molecular weight excluding hydrogens is 220 g/mol. The van der Waals surface area contributed by atoms with Gasteiger partial charge in [0.2, 0.25) is 5.91 Å². The molecule has 1 heterocycles. The molecule has 1 unspecified atom stereocenters. The number of hydrogen-bond acceptors (Lipinski definition) is 4. The second-order valence-electron chi connectivity index (χ2n) is 4.11. The van der Waals surface area contributed by atoms with Gasteiger partial charge in [-0.1, -0.05) is 12.1 Å².